The van der Waals surface area contributed by atoms with E-state index in [1.165, 1.54) is 0 Å². The highest BCUT2D eigenvalue weighted by molar-refractivity contribution is 5.96. The Morgan fingerprint density at radius 3 is 2.95 bits per heavy atom. The van der Waals surface area contributed by atoms with Gasteiger partial charge in [-0.2, -0.15) is 0 Å². The van der Waals surface area contributed by atoms with Crippen LogP contribution in [0.4, 0.5) is 16.2 Å². The minimum absolute atomic E-state index is 0.00117. The van der Waals surface area contributed by atoms with Crippen LogP contribution >= 0.6 is 0 Å². The van der Waals surface area contributed by atoms with Gasteiger partial charge in [0.1, 0.15) is 0 Å². The van der Waals surface area contributed by atoms with E-state index in [1.54, 1.807) is 4.90 Å². The molecule has 1 aromatic carbocycles. The Morgan fingerprint density at radius 2 is 2.30 bits per heavy atom. The van der Waals surface area contributed by atoms with E-state index in [0.29, 0.717) is 13.1 Å². The van der Waals surface area contributed by atoms with Gasteiger partial charge in [0, 0.05) is 30.4 Å². The van der Waals surface area contributed by atoms with Crippen LogP contribution in [0.5, 0.6) is 0 Å². The fraction of sp³-hybridized carbons (Fsp3) is 0.467. The highest BCUT2D eigenvalue weighted by Crippen LogP contribution is 2.21. The van der Waals surface area contributed by atoms with Crippen molar-refractivity contribution in [3.05, 3.63) is 24.3 Å². The normalized spacial score (nSPS) is 15.9. The van der Waals surface area contributed by atoms with Crippen molar-refractivity contribution in [1.82, 2.24) is 5.32 Å². The van der Waals surface area contributed by atoms with Gasteiger partial charge in [0.15, 0.2) is 0 Å². The predicted octanol–water partition coefficient (Wildman–Crippen LogP) is 2.59. The van der Waals surface area contributed by atoms with Crippen molar-refractivity contribution in [3.63, 3.8) is 0 Å². The summed E-state index contributed by atoms with van der Waals surface area (Å²) in [6.45, 7) is 5.30. The molecule has 5 heteroatoms. The molecule has 0 aromatic heterocycles. The Morgan fingerprint density at radius 1 is 1.50 bits per heavy atom. The van der Waals surface area contributed by atoms with Gasteiger partial charge >= 0.3 is 6.03 Å². The summed E-state index contributed by atoms with van der Waals surface area (Å²) in [5, 5.41) is 5.67. The lowest BCUT2D eigenvalue weighted by molar-refractivity contribution is -0.119. The number of hydrogen-bond acceptors (Lipinski definition) is 2. The molecule has 2 rings (SSSR count). The van der Waals surface area contributed by atoms with Gasteiger partial charge < -0.3 is 10.6 Å². The smallest absolute Gasteiger partial charge is 0.321 e. The predicted molar refractivity (Wildman–Crippen MR) is 79.9 cm³/mol. The fourth-order valence-corrected chi connectivity index (χ4v) is 2.30. The molecule has 1 saturated heterocycles. The zero-order valence-electron chi connectivity index (χ0n) is 12.0. The number of anilines is 2. The van der Waals surface area contributed by atoms with Gasteiger partial charge in [0.2, 0.25) is 5.91 Å². The van der Waals surface area contributed by atoms with E-state index in [0.717, 1.165) is 24.2 Å². The third-order valence-electron chi connectivity index (χ3n) is 3.45. The van der Waals surface area contributed by atoms with E-state index >= 15 is 0 Å². The number of urea groups is 1. The van der Waals surface area contributed by atoms with Crippen LogP contribution in [0.25, 0.3) is 0 Å². The van der Waals surface area contributed by atoms with E-state index in [-0.39, 0.29) is 17.9 Å². The molecule has 3 amide bonds. The number of hydrogen-bond donors (Lipinski definition) is 2. The first-order chi connectivity index (χ1) is 9.61. The minimum Gasteiger partial charge on any atom is -0.336 e. The van der Waals surface area contributed by atoms with Crippen molar-refractivity contribution in [2.24, 2.45) is 5.92 Å². The first-order valence-corrected chi connectivity index (χ1v) is 7.08. The second-order valence-electron chi connectivity index (χ2n) is 5.11. The Hall–Kier alpha value is -2.04. The highest BCUT2D eigenvalue weighted by Gasteiger charge is 2.21. The largest absolute Gasteiger partial charge is 0.336 e. The van der Waals surface area contributed by atoms with Gasteiger partial charge in [-0.15, -0.1) is 0 Å². The molecule has 1 heterocycles. The Bertz CT molecular complexity index is 502. The molecule has 0 radical (unpaired) electrons. The number of benzene rings is 1. The summed E-state index contributed by atoms with van der Waals surface area (Å²) in [6, 6.07) is 7.31. The minimum atomic E-state index is -0.0900. The van der Waals surface area contributed by atoms with Gasteiger partial charge in [-0.1, -0.05) is 26.3 Å². The van der Waals surface area contributed by atoms with Gasteiger partial charge in [0.25, 0.3) is 0 Å². The second kappa shape index (κ2) is 6.41. The number of amides is 3. The maximum Gasteiger partial charge on any atom is 0.321 e. The first kappa shape index (κ1) is 14.4. The SMILES string of the molecule is CCC[C@H](C)C(=O)Nc1cccc(N2CCNC2=O)c1. The highest BCUT2D eigenvalue weighted by atomic mass is 16.2. The third kappa shape index (κ3) is 3.29. The van der Waals surface area contributed by atoms with Crippen molar-refractivity contribution >= 4 is 23.3 Å². The van der Waals surface area contributed by atoms with Crippen molar-refractivity contribution in [2.75, 3.05) is 23.3 Å². The zero-order chi connectivity index (χ0) is 14.5. The summed E-state index contributed by atoms with van der Waals surface area (Å²) in [5.41, 5.74) is 1.54. The summed E-state index contributed by atoms with van der Waals surface area (Å²) in [4.78, 5) is 25.3. The molecular formula is C15H21N3O2. The van der Waals surface area contributed by atoms with Crippen LogP contribution in [0.15, 0.2) is 24.3 Å². The fourth-order valence-electron chi connectivity index (χ4n) is 2.30. The van der Waals surface area contributed by atoms with Crippen LogP contribution in [-0.2, 0) is 4.79 Å². The van der Waals surface area contributed by atoms with E-state index in [1.807, 2.05) is 31.2 Å². The average molecular weight is 275 g/mol. The summed E-state index contributed by atoms with van der Waals surface area (Å²) >= 11 is 0. The van der Waals surface area contributed by atoms with Crippen molar-refractivity contribution in [3.8, 4) is 0 Å². The van der Waals surface area contributed by atoms with Crippen LogP contribution in [0, 0.1) is 5.92 Å². The molecule has 1 aliphatic heterocycles. The van der Waals surface area contributed by atoms with Crippen LogP contribution in [0.3, 0.4) is 0 Å². The lowest BCUT2D eigenvalue weighted by Gasteiger charge is -2.16. The molecule has 0 saturated carbocycles. The number of nitrogens with one attached hydrogen (secondary N) is 2. The molecule has 0 spiro atoms. The summed E-state index contributed by atoms with van der Waals surface area (Å²) < 4.78 is 0. The summed E-state index contributed by atoms with van der Waals surface area (Å²) in [6.07, 6.45) is 1.86. The molecule has 20 heavy (non-hydrogen) atoms. The summed E-state index contributed by atoms with van der Waals surface area (Å²) in [7, 11) is 0. The van der Waals surface area contributed by atoms with Crippen LogP contribution in [-0.4, -0.2) is 25.0 Å². The lowest BCUT2D eigenvalue weighted by atomic mass is 10.1. The van der Waals surface area contributed by atoms with E-state index < -0.39 is 0 Å². The van der Waals surface area contributed by atoms with E-state index in [4.69, 9.17) is 0 Å². The molecule has 0 bridgehead atoms. The maximum atomic E-state index is 12.0. The Kier molecular flexibility index (Phi) is 4.61. The molecule has 2 N–H and O–H groups in total. The van der Waals surface area contributed by atoms with E-state index in [2.05, 4.69) is 17.6 Å². The van der Waals surface area contributed by atoms with Crippen LogP contribution < -0.4 is 15.5 Å². The summed E-state index contributed by atoms with van der Waals surface area (Å²) in [5.74, 6) is 0.0219. The molecule has 5 nitrogen and oxygen atoms in total. The quantitative estimate of drug-likeness (QED) is 0.867. The van der Waals surface area contributed by atoms with Gasteiger partial charge in [-0.25, -0.2) is 4.79 Å². The van der Waals surface area contributed by atoms with Crippen LogP contribution in [0.1, 0.15) is 26.7 Å². The van der Waals surface area contributed by atoms with Gasteiger partial charge in [-0.3, -0.25) is 9.69 Å². The first-order valence-electron chi connectivity index (χ1n) is 7.08. The van der Waals surface area contributed by atoms with Crippen molar-refractivity contribution in [2.45, 2.75) is 26.7 Å². The average Bonchev–Trinajstić information content (AvgIpc) is 2.85. The molecule has 108 valence electrons. The zero-order valence-corrected chi connectivity index (χ0v) is 12.0. The van der Waals surface area contributed by atoms with Gasteiger partial charge in [0.05, 0.1) is 0 Å². The Labute approximate surface area is 119 Å². The van der Waals surface area contributed by atoms with Gasteiger partial charge in [-0.05, 0) is 24.6 Å². The van der Waals surface area contributed by atoms with Crippen molar-refractivity contribution < 1.29 is 9.59 Å². The number of rotatable bonds is 5. The molecule has 0 aliphatic carbocycles. The van der Waals surface area contributed by atoms with Crippen molar-refractivity contribution in [1.29, 1.82) is 0 Å². The van der Waals surface area contributed by atoms with E-state index in [9.17, 15) is 9.59 Å². The lowest BCUT2D eigenvalue weighted by Crippen LogP contribution is -2.27. The molecule has 1 atom stereocenters. The molecule has 0 unspecified atom stereocenters. The second-order valence-corrected chi connectivity index (χ2v) is 5.11. The molecular weight excluding hydrogens is 254 g/mol. The third-order valence-corrected chi connectivity index (χ3v) is 3.45. The number of nitrogens with zero attached hydrogens (tertiary/aromatic N) is 1. The number of carbonyl (C=O) groups excluding carboxylic acids is 2. The molecule has 1 aromatic rings. The number of carbonyl (C=O) groups is 2. The Balaban J connectivity index is 2.06. The standard InChI is InChI=1S/C15H21N3O2/c1-3-5-11(2)14(19)17-12-6-4-7-13(10-12)18-9-8-16-15(18)20/h4,6-7,10-11H,3,5,8-9H2,1-2H3,(H,16,20)(H,17,19)/t11-/m0/s1. The maximum absolute atomic E-state index is 12.0. The molecule has 1 aliphatic rings. The monoisotopic (exact) mass is 275 g/mol. The molecule has 1 fully saturated rings. The topological polar surface area (TPSA) is 61.4 Å². The van der Waals surface area contributed by atoms with Crippen LogP contribution in [0.2, 0.25) is 0 Å².